The lowest BCUT2D eigenvalue weighted by atomic mass is 10.2. The van der Waals surface area contributed by atoms with Crippen LogP contribution in [0.3, 0.4) is 0 Å². The van der Waals surface area contributed by atoms with Gasteiger partial charge in [-0.3, -0.25) is 4.79 Å². The smallest absolute Gasteiger partial charge is 0.221 e. The number of nitrogens with one attached hydrogen (secondary N) is 1. The van der Waals surface area contributed by atoms with Crippen LogP contribution in [0.2, 0.25) is 0 Å². The Balaban J connectivity index is 3.17. The molecule has 0 saturated carbocycles. The van der Waals surface area contributed by atoms with Crippen molar-refractivity contribution in [2.75, 3.05) is 19.5 Å². The Hall–Kier alpha value is -1.78. The third-order valence-corrected chi connectivity index (χ3v) is 1.78. The summed E-state index contributed by atoms with van der Waals surface area (Å²) in [6.45, 7) is 1.30. The number of ether oxygens (including phenoxy) is 2. The highest BCUT2D eigenvalue weighted by atomic mass is 19.1. The molecule has 1 aromatic rings. The van der Waals surface area contributed by atoms with E-state index in [2.05, 4.69) is 5.32 Å². The number of halogens is 1. The van der Waals surface area contributed by atoms with Gasteiger partial charge in [-0.15, -0.1) is 0 Å². The average Bonchev–Trinajstić information content (AvgIpc) is 2.20. The van der Waals surface area contributed by atoms with Crippen molar-refractivity contribution < 1.29 is 18.7 Å². The lowest BCUT2D eigenvalue weighted by Crippen LogP contribution is -2.08. The van der Waals surface area contributed by atoms with E-state index in [-0.39, 0.29) is 17.3 Å². The summed E-state index contributed by atoms with van der Waals surface area (Å²) in [5.41, 5.74) is 0.0405. The van der Waals surface area contributed by atoms with E-state index < -0.39 is 5.82 Å². The number of amides is 1. The van der Waals surface area contributed by atoms with Crippen LogP contribution in [-0.4, -0.2) is 20.1 Å². The summed E-state index contributed by atoms with van der Waals surface area (Å²) in [6, 6.07) is 2.79. The van der Waals surface area contributed by atoms with Gasteiger partial charge in [0.2, 0.25) is 5.91 Å². The van der Waals surface area contributed by atoms with Crippen LogP contribution in [0.15, 0.2) is 12.1 Å². The van der Waals surface area contributed by atoms with Crippen LogP contribution < -0.4 is 14.8 Å². The van der Waals surface area contributed by atoms with E-state index in [0.29, 0.717) is 5.75 Å². The number of hydrogen-bond acceptors (Lipinski definition) is 3. The number of rotatable bonds is 3. The average molecular weight is 213 g/mol. The molecule has 0 heterocycles. The second-order valence-corrected chi connectivity index (χ2v) is 2.87. The largest absolute Gasteiger partial charge is 0.497 e. The van der Waals surface area contributed by atoms with Gasteiger partial charge in [-0.25, -0.2) is 4.39 Å². The van der Waals surface area contributed by atoms with Crippen molar-refractivity contribution in [1.29, 1.82) is 0 Å². The Bertz CT molecular complexity index is 379. The quantitative estimate of drug-likeness (QED) is 0.832. The molecule has 4 nitrogen and oxygen atoms in total. The monoisotopic (exact) mass is 213 g/mol. The molecular weight excluding hydrogens is 201 g/mol. The second kappa shape index (κ2) is 4.63. The topological polar surface area (TPSA) is 47.6 Å². The molecule has 15 heavy (non-hydrogen) atoms. The maximum atomic E-state index is 13.6. The van der Waals surface area contributed by atoms with Crippen molar-refractivity contribution in [2.45, 2.75) is 6.92 Å². The van der Waals surface area contributed by atoms with E-state index in [1.807, 2.05) is 0 Å². The molecule has 0 fully saturated rings. The van der Waals surface area contributed by atoms with Gasteiger partial charge in [-0.1, -0.05) is 0 Å². The van der Waals surface area contributed by atoms with E-state index in [9.17, 15) is 9.18 Å². The Morgan fingerprint density at radius 3 is 2.47 bits per heavy atom. The Kier molecular flexibility index (Phi) is 3.49. The highest BCUT2D eigenvalue weighted by molar-refractivity contribution is 5.89. The number of hydrogen-bond donors (Lipinski definition) is 1. The minimum absolute atomic E-state index is 0.0260. The summed E-state index contributed by atoms with van der Waals surface area (Å²) in [5.74, 6) is -0.534. The van der Waals surface area contributed by atoms with Crippen LogP contribution in [0.4, 0.5) is 10.1 Å². The lowest BCUT2D eigenvalue weighted by molar-refractivity contribution is -0.114. The molecule has 0 atom stereocenters. The van der Waals surface area contributed by atoms with Gasteiger partial charge in [-0.2, -0.15) is 0 Å². The van der Waals surface area contributed by atoms with E-state index >= 15 is 0 Å². The first-order valence-corrected chi connectivity index (χ1v) is 4.27. The SMILES string of the molecule is COc1cc(NC(C)=O)c(F)c(OC)c1. The summed E-state index contributed by atoms with van der Waals surface area (Å²) in [7, 11) is 2.79. The van der Waals surface area contributed by atoms with E-state index in [4.69, 9.17) is 9.47 Å². The molecule has 0 spiro atoms. The summed E-state index contributed by atoms with van der Waals surface area (Å²) >= 11 is 0. The fraction of sp³-hybridized carbons (Fsp3) is 0.300. The Morgan fingerprint density at radius 1 is 1.33 bits per heavy atom. The number of methoxy groups -OCH3 is 2. The van der Waals surface area contributed by atoms with Crippen LogP contribution >= 0.6 is 0 Å². The highest BCUT2D eigenvalue weighted by Gasteiger charge is 2.12. The van der Waals surface area contributed by atoms with Gasteiger partial charge in [0, 0.05) is 19.1 Å². The predicted molar refractivity (Wildman–Crippen MR) is 53.8 cm³/mol. The molecule has 0 aliphatic heterocycles. The zero-order valence-corrected chi connectivity index (χ0v) is 8.76. The van der Waals surface area contributed by atoms with Crippen LogP contribution in [-0.2, 0) is 4.79 Å². The molecule has 0 saturated heterocycles. The normalized spacial score (nSPS) is 9.60. The van der Waals surface area contributed by atoms with Crippen LogP contribution in [0.5, 0.6) is 11.5 Å². The molecule has 82 valence electrons. The molecule has 0 unspecified atom stereocenters. The van der Waals surface area contributed by atoms with Crippen LogP contribution in [0.25, 0.3) is 0 Å². The number of carbonyl (C=O) groups excluding carboxylic acids is 1. The van der Waals surface area contributed by atoms with Gasteiger partial charge in [-0.05, 0) is 0 Å². The van der Waals surface area contributed by atoms with E-state index in [1.54, 1.807) is 0 Å². The maximum Gasteiger partial charge on any atom is 0.221 e. The molecule has 0 aliphatic carbocycles. The number of anilines is 1. The summed E-state index contributed by atoms with van der Waals surface area (Å²) in [4.78, 5) is 10.8. The lowest BCUT2D eigenvalue weighted by Gasteiger charge is -2.10. The molecule has 5 heteroatoms. The maximum absolute atomic E-state index is 13.6. The molecule has 1 N–H and O–H groups in total. The zero-order chi connectivity index (χ0) is 11.4. The molecule has 1 rings (SSSR count). The third kappa shape index (κ3) is 2.59. The molecule has 0 bridgehead atoms. The Labute approximate surface area is 87.0 Å². The van der Waals surface area contributed by atoms with Gasteiger partial charge in [0.25, 0.3) is 0 Å². The molecular formula is C10H12FNO3. The highest BCUT2D eigenvalue weighted by Crippen LogP contribution is 2.30. The summed E-state index contributed by atoms with van der Waals surface area (Å²) < 4.78 is 23.3. The van der Waals surface area contributed by atoms with Crippen molar-refractivity contribution >= 4 is 11.6 Å². The van der Waals surface area contributed by atoms with E-state index in [0.717, 1.165) is 0 Å². The number of carbonyl (C=O) groups is 1. The minimum atomic E-state index is -0.617. The summed E-state index contributed by atoms with van der Waals surface area (Å²) in [5, 5.41) is 2.35. The van der Waals surface area contributed by atoms with Gasteiger partial charge < -0.3 is 14.8 Å². The molecule has 1 amide bonds. The molecule has 0 radical (unpaired) electrons. The molecule has 0 aliphatic rings. The first-order chi connectivity index (χ1) is 7.08. The van der Waals surface area contributed by atoms with Gasteiger partial charge in [0.1, 0.15) is 5.75 Å². The first kappa shape index (κ1) is 11.3. The fourth-order valence-corrected chi connectivity index (χ4v) is 1.12. The third-order valence-electron chi connectivity index (χ3n) is 1.78. The standard InChI is InChI=1S/C10H12FNO3/c1-6(13)12-8-4-7(14-2)5-9(15-3)10(8)11/h4-5H,1-3H3,(H,12,13). The van der Waals surface area contributed by atoms with Gasteiger partial charge in [0.15, 0.2) is 11.6 Å². The molecule has 1 aromatic carbocycles. The van der Waals surface area contributed by atoms with Crippen LogP contribution in [0.1, 0.15) is 6.92 Å². The van der Waals surface area contributed by atoms with Crippen LogP contribution in [0, 0.1) is 5.82 Å². The van der Waals surface area contributed by atoms with Gasteiger partial charge in [0.05, 0.1) is 19.9 Å². The first-order valence-electron chi connectivity index (χ1n) is 4.27. The molecule has 0 aromatic heterocycles. The minimum Gasteiger partial charge on any atom is -0.497 e. The fourth-order valence-electron chi connectivity index (χ4n) is 1.12. The van der Waals surface area contributed by atoms with Crippen molar-refractivity contribution in [2.24, 2.45) is 0 Å². The van der Waals surface area contributed by atoms with Crippen molar-refractivity contribution in [3.63, 3.8) is 0 Å². The summed E-state index contributed by atoms with van der Waals surface area (Å²) in [6.07, 6.45) is 0. The number of benzene rings is 1. The van der Waals surface area contributed by atoms with E-state index in [1.165, 1.54) is 33.3 Å². The van der Waals surface area contributed by atoms with Gasteiger partial charge >= 0.3 is 0 Å². The van der Waals surface area contributed by atoms with Crippen molar-refractivity contribution in [1.82, 2.24) is 0 Å². The predicted octanol–water partition coefficient (Wildman–Crippen LogP) is 1.80. The second-order valence-electron chi connectivity index (χ2n) is 2.87. The Morgan fingerprint density at radius 2 is 2.00 bits per heavy atom. The van der Waals surface area contributed by atoms with Crippen molar-refractivity contribution in [3.05, 3.63) is 17.9 Å². The van der Waals surface area contributed by atoms with Crippen molar-refractivity contribution in [3.8, 4) is 11.5 Å². The zero-order valence-electron chi connectivity index (χ0n) is 8.76.